The van der Waals surface area contributed by atoms with Crippen LogP contribution in [0.25, 0.3) is 17.1 Å². The highest BCUT2D eigenvalue weighted by Crippen LogP contribution is 2.28. The Kier molecular flexibility index (Phi) is 3.85. The normalized spacial score (nSPS) is 10.6. The minimum atomic E-state index is 0.495. The monoisotopic (exact) mass is 362 g/mol. The molecule has 3 rings (SSSR count). The van der Waals surface area contributed by atoms with Gasteiger partial charge in [-0.05, 0) is 46.3 Å². The van der Waals surface area contributed by atoms with E-state index >= 15 is 0 Å². The lowest BCUT2D eigenvalue weighted by Crippen LogP contribution is -2.00. The van der Waals surface area contributed by atoms with Crippen LogP contribution in [0.4, 0.5) is 0 Å². The zero-order valence-corrected chi connectivity index (χ0v) is 13.5. The lowest BCUT2D eigenvalue weighted by molar-refractivity contribution is 0.413. The van der Waals surface area contributed by atoms with Crippen molar-refractivity contribution in [3.05, 3.63) is 52.0 Å². The summed E-state index contributed by atoms with van der Waals surface area (Å²) in [5.41, 5.74) is 1.68. The lowest BCUT2D eigenvalue weighted by atomic mass is 10.2. The first-order valence-electron chi connectivity index (χ1n) is 6.12. The summed E-state index contributed by atoms with van der Waals surface area (Å²) >= 11 is 8.77. The quantitative estimate of drug-likeness (QED) is 0.720. The Labute approximate surface area is 134 Å². The second-order valence-corrected chi connectivity index (χ2v) is 5.55. The fourth-order valence-corrected chi connectivity index (χ4v) is 2.66. The zero-order chi connectivity index (χ0) is 14.8. The molecule has 0 saturated heterocycles. The number of hydrogen-bond acceptors (Lipinski definition) is 4. The van der Waals surface area contributed by atoms with Crippen LogP contribution >= 0.6 is 28.1 Å². The number of nitrogens with zero attached hydrogens (tertiary/aromatic N) is 3. The largest absolute Gasteiger partial charge is 0.495 e. The SMILES string of the molecule is COc1ccccc1-n1c(-c2cncc(Br)c2)n[nH]c1=S. The molecule has 106 valence electrons. The molecule has 0 fully saturated rings. The van der Waals surface area contributed by atoms with Crippen LogP contribution in [0.15, 0.2) is 47.2 Å². The van der Waals surface area contributed by atoms with Gasteiger partial charge in [-0.15, -0.1) is 0 Å². The van der Waals surface area contributed by atoms with E-state index in [1.165, 1.54) is 0 Å². The Bertz CT molecular complexity index is 843. The predicted octanol–water partition coefficient (Wildman–Crippen LogP) is 3.76. The van der Waals surface area contributed by atoms with Crippen LogP contribution in [0, 0.1) is 4.77 Å². The summed E-state index contributed by atoms with van der Waals surface area (Å²) in [6, 6.07) is 9.58. The number of aromatic amines is 1. The molecular formula is C14H11BrN4OS. The third-order valence-electron chi connectivity index (χ3n) is 2.96. The van der Waals surface area contributed by atoms with Crippen LogP contribution in [0.2, 0.25) is 0 Å². The van der Waals surface area contributed by atoms with Crippen LogP contribution in [0.5, 0.6) is 5.75 Å². The first kappa shape index (κ1) is 14.0. The number of halogens is 1. The first-order chi connectivity index (χ1) is 10.2. The van der Waals surface area contributed by atoms with Crippen molar-refractivity contribution in [3.8, 4) is 22.8 Å². The fraction of sp³-hybridized carbons (Fsp3) is 0.0714. The highest BCUT2D eigenvalue weighted by atomic mass is 79.9. The van der Waals surface area contributed by atoms with Crippen molar-refractivity contribution < 1.29 is 4.74 Å². The van der Waals surface area contributed by atoms with Gasteiger partial charge in [-0.3, -0.25) is 14.6 Å². The molecule has 0 unspecified atom stereocenters. The molecule has 1 N–H and O–H groups in total. The van der Waals surface area contributed by atoms with Crippen LogP contribution in [-0.2, 0) is 0 Å². The van der Waals surface area contributed by atoms with Crippen molar-refractivity contribution in [2.24, 2.45) is 0 Å². The number of rotatable bonds is 3. The Balaban J connectivity index is 2.25. The van der Waals surface area contributed by atoms with Gasteiger partial charge in [0, 0.05) is 22.4 Å². The zero-order valence-electron chi connectivity index (χ0n) is 11.1. The summed E-state index contributed by atoms with van der Waals surface area (Å²) in [5.74, 6) is 1.40. The molecule has 0 aliphatic rings. The number of ether oxygens (including phenoxy) is 1. The second kappa shape index (κ2) is 5.79. The fourth-order valence-electron chi connectivity index (χ4n) is 2.06. The molecular weight excluding hydrogens is 352 g/mol. The summed E-state index contributed by atoms with van der Waals surface area (Å²) in [5, 5.41) is 7.13. The molecule has 0 aliphatic heterocycles. The number of benzene rings is 1. The van der Waals surface area contributed by atoms with E-state index in [-0.39, 0.29) is 0 Å². The van der Waals surface area contributed by atoms with E-state index in [9.17, 15) is 0 Å². The van der Waals surface area contributed by atoms with Gasteiger partial charge in [-0.25, -0.2) is 0 Å². The van der Waals surface area contributed by atoms with Crippen molar-refractivity contribution in [1.29, 1.82) is 0 Å². The number of methoxy groups -OCH3 is 1. The number of aromatic nitrogens is 4. The molecule has 3 aromatic rings. The van der Waals surface area contributed by atoms with E-state index in [0.29, 0.717) is 10.6 Å². The molecule has 0 bridgehead atoms. The maximum Gasteiger partial charge on any atom is 0.200 e. The average molecular weight is 363 g/mol. The van der Waals surface area contributed by atoms with Gasteiger partial charge in [0.1, 0.15) is 5.75 Å². The first-order valence-corrected chi connectivity index (χ1v) is 7.32. The highest BCUT2D eigenvalue weighted by Gasteiger charge is 2.14. The standard InChI is InChI=1S/C14H11BrN4OS/c1-20-12-5-3-2-4-11(12)19-13(17-18-14(19)21)9-6-10(15)8-16-7-9/h2-8H,1H3,(H,18,21). The van der Waals surface area contributed by atoms with Gasteiger partial charge < -0.3 is 4.74 Å². The Hall–Kier alpha value is -1.99. The predicted molar refractivity (Wildman–Crippen MR) is 86.2 cm³/mol. The van der Waals surface area contributed by atoms with Crippen LogP contribution < -0.4 is 4.74 Å². The van der Waals surface area contributed by atoms with E-state index < -0.39 is 0 Å². The maximum absolute atomic E-state index is 5.41. The molecule has 0 saturated carbocycles. The smallest absolute Gasteiger partial charge is 0.200 e. The third kappa shape index (κ3) is 2.62. The molecule has 5 nitrogen and oxygen atoms in total. The minimum absolute atomic E-state index is 0.495. The van der Waals surface area contributed by atoms with Gasteiger partial charge in [0.2, 0.25) is 0 Å². The topological polar surface area (TPSA) is 55.7 Å². The van der Waals surface area contributed by atoms with E-state index in [2.05, 4.69) is 31.1 Å². The third-order valence-corrected chi connectivity index (χ3v) is 3.67. The van der Waals surface area contributed by atoms with Gasteiger partial charge in [0.05, 0.1) is 12.8 Å². The average Bonchev–Trinajstić information content (AvgIpc) is 2.89. The van der Waals surface area contributed by atoms with Crippen molar-refractivity contribution in [2.75, 3.05) is 7.11 Å². The van der Waals surface area contributed by atoms with Crippen molar-refractivity contribution in [1.82, 2.24) is 19.7 Å². The highest BCUT2D eigenvalue weighted by molar-refractivity contribution is 9.10. The second-order valence-electron chi connectivity index (χ2n) is 4.25. The molecule has 0 atom stereocenters. The molecule has 2 heterocycles. The van der Waals surface area contributed by atoms with Crippen LogP contribution in [0.3, 0.4) is 0 Å². The van der Waals surface area contributed by atoms with E-state index in [0.717, 1.165) is 21.5 Å². The number of hydrogen-bond donors (Lipinski definition) is 1. The molecule has 0 radical (unpaired) electrons. The van der Waals surface area contributed by atoms with Gasteiger partial charge >= 0.3 is 0 Å². The molecule has 0 spiro atoms. The Morgan fingerprint density at radius 2 is 2.10 bits per heavy atom. The molecule has 7 heteroatoms. The van der Waals surface area contributed by atoms with Crippen LogP contribution in [0.1, 0.15) is 0 Å². The number of H-pyrrole nitrogens is 1. The van der Waals surface area contributed by atoms with Crippen LogP contribution in [-0.4, -0.2) is 26.9 Å². The van der Waals surface area contributed by atoms with Gasteiger partial charge in [-0.1, -0.05) is 12.1 Å². The summed E-state index contributed by atoms with van der Waals surface area (Å²) in [6.45, 7) is 0. The molecule has 0 amide bonds. The molecule has 21 heavy (non-hydrogen) atoms. The van der Waals surface area contributed by atoms with E-state index in [1.807, 2.05) is 34.9 Å². The molecule has 2 aromatic heterocycles. The lowest BCUT2D eigenvalue weighted by Gasteiger charge is -2.11. The summed E-state index contributed by atoms with van der Waals surface area (Å²) in [4.78, 5) is 4.17. The summed E-state index contributed by atoms with van der Waals surface area (Å²) in [7, 11) is 1.63. The van der Waals surface area contributed by atoms with E-state index in [4.69, 9.17) is 17.0 Å². The number of pyridine rings is 1. The summed E-state index contributed by atoms with van der Waals surface area (Å²) < 4.78 is 8.61. The Morgan fingerprint density at radius 1 is 1.29 bits per heavy atom. The number of nitrogens with one attached hydrogen (secondary N) is 1. The van der Waals surface area contributed by atoms with Gasteiger partial charge in [0.15, 0.2) is 10.6 Å². The molecule has 1 aromatic carbocycles. The van der Waals surface area contributed by atoms with Gasteiger partial charge in [-0.2, -0.15) is 5.10 Å². The van der Waals surface area contributed by atoms with Crippen molar-refractivity contribution in [2.45, 2.75) is 0 Å². The minimum Gasteiger partial charge on any atom is -0.495 e. The maximum atomic E-state index is 5.41. The van der Waals surface area contributed by atoms with Gasteiger partial charge in [0.25, 0.3) is 0 Å². The Morgan fingerprint density at radius 3 is 2.86 bits per heavy atom. The summed E-state index contributed by atoms with van der Waals surface area (Å²) in [6.07, 6.45) is 3.46. The van der Waals surface area contributed by atoms with Crippen molar-refractivity contribution >= 4 is 28.1 Å². The molecule has 0 aliphatic carbocycles. The number of para-hydroxylation sites is 2. The van der Waals surface area contributed by atoms with Crippen molar-refractivity contribution in [3.63, 3.8) is 0 Å². The van der Waals surface area contributed by atoms with E-state index in [1.54, 1.807) is 19.5 Å².